The number of rotatable bonds is 11. The smallest absolute Gasteiger partial charge is 0.389 e. The molecule has 2 aromatic carbocycles. The Morgan fingerprint density at radius 1 is 0.973 bits per heavy atom. The van der Waals surface area contributed by atoms with E-state index in [-0.39, 0.29) is 24.9 Å². The Kier molecular flexibility index (Phi) is 9.27. The molecule has 2 N–H and O–H groups in total. The van der Waals surface area contributed by atoms with Gasteiger partial charge in [0.05, 0.1) is 18.3 Å². The van der Waals surface area contributed by atoms with Gasteiger partial charge in [-0.05, 0) is 47.7 Å². The molecule has 196 valence electrons. The van der Waals surface area contributed by atoms with Crippen LogP contribution in [0.2, 0.25) is 0 Å². The van der Waals surface area contributed by atoms with Crippen LogP contribution < -0.4 is 10.1 Å². The van der Waals surface area contributed by atoms with E-state index in [0.717, 1.165) is 5.56 Å². The zero-order valence-electron chi connectivity index (χ0n) is 20.6. The number of hydrogen-bond acceptors (Lipinski definition) is 4. The molecule has 0 aliphatic heterocycles. The fraction of sp³-hybridized carbons (Fsp3) is 0.321. The van der Waals surface area contributed by atoms with Crippen molar-refractivity contribution in [2.24, 2.45) is 0 Å². The number of aromatic nitrogens is 1. The molecule has 0 fully saturated rings. The number of alkyl halides is 3. The van der Waals surface area contributed by atoms with Gasteiger partial charge < -0.3 is 15.2 Å². The van der Waals surface area contributed by atoms with Crippen molar-refractivity contribution in [2.45, 2.75) is 51.3 Å². The lowest BCUT2D eigenvalue weighted by Crippen LogP contribution is -2.26. The Hall–Kier alpha value is -3.88. The highest BCUT2D eigenvalue weighted by atomic mass is 19.4. The molecular weight excluding hydrogens is 485 g/mol. The number of carbonyl (C=O) groups excluding carboxylic acids is 1. The zero-order chi connectivity index (χ0) is 27.0. The second-order valence-corrected chi connectivity index (χ2v) is 8.94. The molecule has 0 saturated heterocycles. The molecule has 6 nitrogen and oxygen atoms in total. The van der Waals surface area contributed by atoms with Gasteiger partial charge in [0.1, 0.15) is 11.9 Å². The monoisotopic (exact) mass is 514 g/mol. The van der Waals surface area contributed by atoms with Crippen molar-refractivity contribution < 1.29 is 32.6 Å². The van der Waals surface area contributed by atoms with Crippen LogP contribution in [0.25, 0.3) is 11.3 Å². The predicted molar refractivity (Wildman–Crippen MR) is 133 cm³/mol. The maximum absolute atomic E-state index is 13.0. The van der Waals surface area contributed by atoms with E-state index in [0.29, 0.717) is 22.9 Å². The molecule has 1 amide bonds. The summed E-state index contributed by atoms with van der Waals surface area (Å²) in [6.45, 7) is 4.19. The van der Waals surface area contributed by atoms with Gasteiger partial charge in [0, 0.05) is 24.1 Å². The van der Waals surface area contributed by atoms with Crippen LogP contribution in [-0.2, 0) is 4.79 Å². The molecule has 0 bridgehead atoms. The molecule has 1 heterocycles. The molecule has 0 radical (unpaired) electrons. The number of carboxylic acid groups (broad SMARTS) is 1. The SMILES string of the molecule is CC(C)c1ccc(-c2ccc(OC(CCC(F)(F)F)c3ccc(C(=O)NCCC(=O)O)cc3)cn2)cc1. The molecule has 1 atom stereocenters. The van der Waals surface area contributed by atoms with Crippen LogP contribution in [0.5, 0.6) is 5.75 Å². The third-order valence-corrected chi connectivity index (χ3v) is 5.75. The molecule has 1 aromatic heterocycles. The highest BCUT2D eigenvalue weighted by Crippen LogP contribution is 2.32. The van der Waals surface area contributed by atoms with Crippen LogP contribution in [0.3, 0.4) is 0 Å². The van der Waals surface area contributed by atoms with Gasteiger partial charge in [0.15, 0.2) is 0 Å². The Labute approximate surface area is 213 Å². The largest absolute Gasteiger partial charge is 0.484 e. The molecule has 37 heavy (non-hydrogen) atoms. The van der Waals surface area contributed by atoms with Crippen molar-refractivity contribution >= 4 is 11.9 Å². The summed E-state index contributed by atoms with van der Waals surface area (Å²) in [5.41, 5.74) is 3.58. The molecule has 0 saturated carbocycles. The third kappa shape index (κ3) is 8.63. The van der Waals surface area contributed by atoms with E-state index in [4.69, 9.17) is 9.84 Å². The topological polar surface area (TPSA) is 88.5 Å². The minimum absolute atomic E-state index is 0.0297. The van der Waals surface area contributed by atoms with Crippen molar-refractivity contribution in [1.82, 2.24) is 10.3 Å². The summed E-state index contributed by atoms with van der Waals surface area (Å²) in [6.07, 6.45) is -5.35. The van der Waals surface area contributed by atoms with Gasteiger partial charge in [-0.3, -0.25) is 14.6 Å². The number of nitrogens with one attached hydrogen (secondary N) is 1. The van der Waals surface area contributed by atoms with E-state index < -0.39 is 30.6 Å². The van der Waals surface area contributed by atoms with Crippen LogP contribution in [0.4, 0.5) is 13.2 Å². The summed E-state index contributed by atoms with van der Waals surface area (Å²) in [5.74, 6) is -0.773. The zero-order valence-corrected chi connectivity index (χ0v) is 20.6. The fourth-order valence-electron chi connectivity index (χ4n) is 3.65. The van der Waals surface area contributed by atoms with Crippen molar-refractivity contribution in [3.63, 3.8) is 0 Å². The van der Waals surface area contributed by atoms with E-state index in [9.17, 15) is 22.8 Å². The Morgan fingerprint density at radius 2 is 1.62 bits per heavy atom. The summed E-state index contributed by atoms with van der Waals surface area (Å²) < 4.78 is 44.8. The molecule has 0 aliphatic rings. The number of nitrogens with zero attached hydrogens (tertiary/aromatic N) is 1. The van der Waals surface area contributed by atoms with Crippen molar-refractivity contribution in [2.75, 3.05) is 6.54 Å². The summed E-state index contributed by atoms with van der Waals surface area (Å²) in [7, 11) is 0. The van der Waals surface area contributed by atoms with Gasteiger partial charge in [-0.1, -0.05) is 50.2 Å². The van der Waals surface area contributed by atoms with E-state index in [1.165, 1.54) is 36.0 Å². The second-order valence-electron chi connectivity index (χ2n) is 8.94. The number of hydrogen-bond donors (Lipinski definition) is 2. The summed E-state index contributed by atoms with van der Waals surface area (Å²) in [5, 5.41) is 11.2. The van der Waals surface area contributed by atoms with Gasteiger partial charge >= 0.3 is 12.1 Å². The Bertz CT molecular complexity index is 1180. The fourth-order valence-corrected chi connectivity index (χ4v) is 3.65. The first kappa shape index (κ1) is 27.7. The number of ether oxygens (including phenoxy) is 1. The predicted octanol–water partition coefficient (Wildman–Crippen LogP) is 6.54. The number of aliphatic carboxylic acids is 1. The van der Waals surface area contributed by atoms with Crippen LogP contribution in [-0.4, -0.2) is 34.7 Å². The number of carboxylic acids is 1. The van der Waals surface area contributed by atoms with Crippen molar-refractivity contribution in [3.05, 3.63) is 83.6 Å². The highest BCUT2D eigenvalue weighted by molar-refractivity contribution is 5.94. The number of amides is 1. The van der Waals surface area contributed by atoms with E-state index in [2.05, 4.69) is 24.1 Å². The first-order chi connectivity index (χ1) is 17.5. The van der Waals surface area contributed by atoms with Gasteiger partial charge in [0.2, 0.25) is 0 Å². The highest BCUT2D eigenvalue weighted by Gasteiger charge is 2.29. The lowest BCUT2D eigenvalue weighted by molar-refractivity contribution is -0.139. The molecular formula is C28H29F3N2O4. The number of benzene rings is 2. The minimum Gasteiger partial charge on any atom is -0.484 e. The van der Waals surface area contributed by atoms with Crippen LogP contribution in [0, 0.1) is 0 Å². The molecule has 1 unspecified atom stereocenters. The maximum atomic E-state index is 13.0. The van der Waals surface area contributed by atoms with Crippen molar-refractivity contribution in [1.29, 1.82) is 0 Å². The van der Waals surface area contributed by atoms with E-state index in [1.54, 1.807) is 12.1 Å². The first-order valence-corrected chi connectivity index (χ1v) is 11.9. The first-order valence-electron chi connectivity index (χ1n) is 11.9. The van der Waals surface area contributed by atoms with Gasteiger partial charge in [-0.2, -0.15) is 13.2 Å². The summed E-state index contributed by atoms with van der Waals surface area (Å²) >= 11 is 0. The standard InChI is InChI=1S/C28H29F3N2O4/c1-18(2)19-3-5-20(6-4-19)24-12-11-23(17-33-24)37-25(13-15-28(29,30)31)21-7-9-22(10-8-21)27(36)32-16-14-26(34)35/h3-12,17-18,25H,13-16H2,1-2H3,(H,32,36)(H,34,35). The number of carbonyl (C=O) groups is 2. The van der Waals surface area contributed by atoms with Gasteiger partial charge in [0.25, 0.3) is 5.91 Å². The minimum atomic E-state index is -4.35. The quantitative estimate of drug-likeness (QED) is 0.303. The van der Waals surface area contributed by atoms with Crippen molar-refractivity contribution in [3.8, 4) is 17.0 Å². The molecule has 3 rings (SSSR count). The molecule has 0 spiro atoms. The maximum Gasteiger partial charge on any atom is 0.389 e. The Morgan fingerprint density at radius 3 is 2.16 bits per heavy atom. The Balaban J connectivity index is 1.73. The third-order valence-electron chi connectivity index (χ3n) is 5.75. The van der Waals surface area contributed by atoms with Crippen LogP contribution in [0.1, 0.15) is 66.6 Å². The van der Waals surface area contributed by atoms with Crippen LogP contribution >= 0.6 is 0 Å². The second kappa shape index (κ2) is 12.4. The lowest BCUT2D eigenvalue weighted by Gasteiger charge is -2.21. The van der Waals surface area contributed by atoms with E-state index in [1.807, 2.05) is 24.3 Å². The van der Waals surface area contributed by atoms with Gasteiger partial charge in [-0.15, -0.1) is 0 Å². The number of pyridine rings is 1. The summed E-state index contributed by atoms with van der Waals surface area (Å²) in [6, 6.07) is 17.5. The normalized spacial score (nSPS) is 12.3. The average molecular weight is 515 g/mol. The summed E-state index contributed by atoms with van der Waals surface area (Å²) in [4.78, 5) is 27.2. The number of halogens is 3. The molecule has 0 aliphatic carbocycles. The molecule has 9 heteroatoms. The average Bonchev–Trinajstić information content (AvgIpc) is 2.86. The van der Waals surface area contributed by atoms with E-state index >= 15 is 0 Å². The van der Waals surface area contributed by atoms with Gasteiger partial charge in [-0.25, -0.2) is 0 Å². The lowest BCUT2D eigenvalue weighted by atomic mass is 10.0. The van der Waals surface area contributed by atoms with Crippen LogP contribution in [0.15, 0.2) is 66.9 Å². The molecule has 3 aromatic rings.